The Balaban J connectivity index is 2.81. The Kier molecular flexibility index (Phi) is 10.4. The van der Waals surface area contributed by atoms with Crippen LogP contribution in [0.5, 0.6) is 0 Å². The van der Waals surface area contributed by atoms with E-state index >= 15 is 0 Å². The Hall–Kier alpha value is -0.300. The van der Waals surface area contributed by atoms with Crippen LogP contribution in [0.1, 0.15) is 46.0 Å². The van der Waals surface area contributed by atoms with Crippen molar-refractivity contribution in [3.8, 4) is 0 Å². The van der Waals surface area contributed by atoms with Gasteiger partial charge in [-0.05, 0) is 32.9 Å². The molecular formula is C11H23N. The Labute approximate surface area is 77.2 Å². The summed E-state index contributed by atoms with van der Waals surface area (Å²) in [5, 5.41) is 3.43. The molecule has 1 N–H and O–H groups in total. The highest BCUT2D eigenvalue weighted by Gasteiger charge is 1.86. The molecule has 0 fully saturated rings. The van der Waals surface area contributed by atoms with Crippen LogP contribution in [0.3, 0.4) is 0 Å². The lowest BCUT2D eigenvalue weighted by Crippen LogP contribution is -2.15. The van der Waals surface area contributed by atoms with Crippen LogP contribution < -0.4 is 5.32 Å². The number of unbranched alkanes of at least 4 members (excludes halogenated alkanes) is 3. The van der Waals surface area contributed by atoms with Crippen molar-refractivity contribution in [1.82, 2.24) is 5.32 Å². The maximum absolute atomic E-state index is 3.43. The maximum Gasteiger partial charge on any atom is -0.00143 e. The minimum Gasteiger partial charge on any atom is -0.316 e. The topological polar surface area (TPSA) is 12.0 Å². The molecule has 12 heavy (non-hydrogen) atoms. The summed E-state index contributed by atoms with van der Waals surface area (Å²) in [6.07, 6.45) is 10.9. The van der Waals surface area contributed by atoms with E-state index in [2.05, 4.69) is 31.3 Å². The van der Waals surface area contributed by atoms with E-state index in [1.807, 2.05) is 0 Å². The second-order valence-electron chi connectivity index (χ2n) is 3.17. The van der Waals surface area contributed by atoms with Gasteiger partial charge in [-0.15, -0.1) is 0 Å². The van der Waals surface area contributed by atoms with Crippen LogP contribution in [-0.2, 0) is 0 Å². The Morgan fingerprint density at radius 3 is 2.58 bits per heavy atom. The highest BCUT2D eigenvalue weighted by Crippen LogP contribution is 1.96. The Morgan fingerprint density at radius 1 is 1.08 bits per heavy atom. The van der Waals surface area contributed by atoms with Crippen molar-refractivity contribution < 1.29 is 0 Å². The number of hydrogen-bond donors (Lipinski definition) is 1. The summed E-state index contributed by atoms with van der Waals surface area (Å²) in [6, 6.07) is 0. The summed E-state index contributed by atoms with van der Waals surface area (Å²) in [4.78, 5) is 0. The molecule has 0 aromatic carbocycles. The van der Waals surface area contributed by atoms with Crippen LogP contribution in [0, 0.1) is 0 Å². The zero-order chi connectivity index (χ0) is 9.07. The molecule has 0 aromatic rings. The van der Waals surface area contributed by atoms with Gasteiger partial charge in [-0.2, -0.15) is 0 Å². The molecule has 0 saturated carbocycles. The predicted octanol–water partition coefficient (Wildman–Crippen LogP) is 3.12. The molecule has 0 spiro atoms. The summed E-state index contributed by atoms with van der Waals surface area (Å²) in [5.41, 5.74) is 0. The van der Waals surface area contributed by atoms with Gasteiger partial charge in [0.1, 0.15) is 0 Å². The molecule has 0 amide bonds. The second-order valence-corrected chi connectivity index (χ2v) is 3.17. The summed E-state index contributed by atoms with van der Waals surface area (Å²) in [7, 11) is 0. The first-order valence-electron chi connectivity index (χ1n) is 5.23. The molecule has 72 valence electrons. The number of allylic oxidation sites excluding steroid dienone is 1. The van der Waals surface area contributed by atoms with E-state index < -0.39 is 0 Å². The fraction of sp³-hybridized carbons (Fsp3) is 0.818. The van der Waals surface area contributed by atoms with Gasteiger partial charge >= 0.3 is 0 Å². The van der Waals surface area contributed by atoms with Crippen molar-refractivity contribution in [2.75, 3.05) is 13.1 Å². The molecule has 0 bridgehead atoms. The maximum atomic E-state index is 3.43. The first-order valence-corrected chi connectivity index (χ1v) is 5.23. The lowest BCUT2D eigenvalue weighted by atomic mass is 10.2. The molecule has 0 aliphatic heterocycles. The molecule has 0 saturated heterocycles. The van der Waals surface area contributed by atoms with Crippen molar-refractivity contribution in [1.29, 1.82) is 0 Å². The highest BCUT2D eigenvalue weighted by atomic mass is 14.8. The van der Waals surface area contributed by atoms with Gasteiger partial charge in [-0.1, -0.05) is 38.3 Å². The minimum atomic E-state index is 1.14. The number of hydrogen-bond acceptors (Lipinski definition) is 1. The third-order valence-electron chi connectivity index (χ3n) is 1.93. The van der Waals surface area contributed by atoms with Crippen molar-refractivity contribution in [2.45, 2.75) is 46.0 Å². The van der Waals surface area contributed by atoms with Gasteiger partial charge in [-0.25, -0.2) is 0 Å². The molecule has 0 aromatic heterocycles. The van der Waals surface area contributed by atoms with E-state index in [-0.39, 0.29) is 0 Å². The van der Waals surface area contributed by atoms with E-state index in [1.165, 1.54) is 38.6 Å². The van der Waals surface area contributed by atoms with E-state index in [0.29, 0.717) is 0 Å². The molecule has 0 atom stereocenters. The monoisotopic (exact) mass is 169 g/mol. The lowest BCUT2D eigenvalue weighted by Gasteiger charge is -2.01. The molecule has 0 unspecified atom stereocenters. The van der Waals surface area contributed by atoms with E-state index in [9.17, 15) is 0 Å². The van der Waals surface area contributed by atoms with Gasteiger partial charge in [0.2, 0.25) is 0 Å². The van der Waals surface area contributed by atoms with Gasteiger partial charge in [0.25, 0.3) is 0 Å². The molecule has 0 rings (SSSR count). The molecule has 1 nitrogen and oxygen atoms in total. The van der Waals surface area contributed by atoms with E-state index in [0.717, 1.165) is 6.54 Å². The standard InChI is InChI=1S/C11H23N/c1-3-5-7-9-11-12-10-8-6-4-2/h4,6,12H,3,5,7-11H2,1-2H3/b6-4+. The average molecular weight is 169 g/mol. The first kappa shape index (κ1) is 11.7. The average Bonchev–Trinajstić information content (AvgIpc) is 2.10. The van der Waals surface area contributed by atoms with Crippen LogP contribution >= 0.6 is 0 Å². The van der Waals surface area contributed by atoms with Gasteiger partial charge in [0, 0.05) is 0 Å². The van der Waals surface area contributed by atoms with Crippen molar-refractivity contribution in [2.24, 2.45) is 0 Å². The lowest BCUT2D eigenvalue weighted by molar-refractivity contribution is 0.601. The quantitative estimate of drug-likeness (QED) is 0.435. The van der Waals surface area contributed by atoms with Gasteiger partial charge in [0.05, 0.1) is 0 Å². The van der Waals surface area contributed by atoms with Crippen molar-refractivity contribution >= 4 is 0 Å². The van der Waals surface area contributed by atoms with Crippen molar-refractivity contribution in [3.63, 3.8) is 0 Å². The van der Waals surface area contributed by atoms with Crippen LogP contribution in [0.2, 0.25) is 0 Å². The second kappa shape index (κ2) is 10.7. The fourth-order valence-electron chi connectivity index (χ4n) is 1.15. The third kappa shape index (κ3) is 9.70. The smallest absolute Gasteiger partial charge is 0.00143 e. The third-order valence-corrected chi connectivity index (χ3v) is 1.93. The van der Waals surface area contributed by atoms with Crippen LogP contribution in [0.15, 0.2) is 12.2 Å². The zero-order valence-corrected chi connectivity index (χ0v) is 8.60. The SMILES string of the molecule is C/C=C/CCNCCCCCC. The molecule has 0 heterocycles. The minimum absolute atomic E-state index is 1.14. The van der Waals surface area contributed by atoms with Crippen molar-refractivity contribution in [3.05, 3.63) is 12.2 Å². The van der Waals surface area contributed by atoms with Crippen LogP contribution in [0.4, 0.5) is 0 Å². The van der Waals surface area contributed by atoms with Gasteiger partial charge in [0.15, 0.2) is 0 Å². The number of rotatable bonds is 8. The normalized spacial score (nSPS) is 11.2. The molecule has 0 radical (unpaired) electrons. The first-order chi connectivity index (χ1) is 5.91. The van der Waals surface area contributed by atoms with Gasteiger partial charge < -0.3 is 5.32 Å². The molecular weight excluding hydrogens is 146 g/mol. The highest BCUT2D eigenvalue weighted by molar-refractivity contribution is 4.77. The van der Waals surface area contributed by atoms with Gasteiger partial charge in [-0.3, -0.25) is 0 Å². The van der Waals surface area contributed by atoms with E-state index in [4.69, 9.17) is 0 Å². The Morgan fingerprint density at radius 2 is 1.92 bits per heavy atom. The molecule has 1 heteroatoms. The van der Waals surface area contributed by atoms with E-state index in [1.54, 1.807) is 0 Å². The largest absolute Gasteiger partial charge is 0.316 e. The van der Waals surface area contributed by atoms with Crippen LogP contribution in [0.25, 0.3) is 0 Å². The summed E-state index contributed by atoms with van der Waals surface area (Å²) in [5.74, 6) is 0. The zero-order valence-electron chi connectivity index (χ0n) is 8.60. The van der Waals surface area contributed by atoms with Crippen LogP contribution in [-0.4, -0.2) is 13.1 Å². The summed E-state index contributed by atoms with van der Waals surface area (Å²) >= 11 is 0. The number of nitrogens with one attached hydrogen (secondary N) is 1. The fourth-order valence-corrected chi connectivity index (χ4v) is 1.15. The predicted molar refractivity (Wildman–Crippen MR) is 56.4 cm³/mol. The summed E-state index contributed by atoms with van der Waals surface area (Å²) < 4.78 is 0. The molecule has 0 aliphatic rings. The Bertz CT molecular complexity index is 97.2. The molecule has 0 aliphatic carbocycles. The summed E-state index contributed by atoms with van der Waals surface area (Å²) in [6.45, 7) is 6.65.